The monoisotopic (exact) mass is 592 g/mol. The van der Waals surface area contributed by atoms with Crippen LogP contribution in [0.1, 0.15) is 25.1 Å². The van der Waals surface area contributed by atoms with Gasteiger partial charge in [-0.2, -0.15) is 0 Å². The van der Waals surface area contributed by atoms with Gasteiger partial charge in [0.2, 0.25) is 0 Å². The van der Waals surface area contributed by atoms with E-state index in [1.54, 1.807) is 0 Å². The van der Waals surface area contributed by atoms with Crippen molar-refractivity contribution < 1.29 is 0 Å². The molecule has 0 fully saturated rings. The molecule has 0 unspecified atom stereocenters. The highest BCUT2D eigenvalue weighted by atomic mass is 15.0. The van der Waals surface area contributed by atoms with Crippen LogP contribution in [0, 0.1) is 0 Å². The summed E-state index contributed by atoms with van der Waals surface area (Å²) in [7, 11) is 0. The molecule has 3 aromatic heterocycles. The molecule has 0 saturated carbocycles. The van der Waals surface area contributed by atoms with Crippen molar-refractivity contribution in [1.29, 1.82) is 0 Å². The molecule has 7 aromatic rings. The van der Waals surface area contributed by atoms with Gasteiger partial charge in [-0.1, -0.05) is 117 Å². The lowest BCUT2D eigenvalue weighted by Crippen LogP contribution is -2.19. The number of nitrogens with zero attached hydrogens (tertiary/aromatic N) is 4. The van der Waals surface area contributed by atoms with Gasteiger partial charge in [-0.25, -0.2) is 9.97 Å². The van der Waals surface area contributed by atoms with Gasteiger partial charge in [0, 0.05) is 51.0 Å². The quantitative estimate of drug-likeness (QED) is 0.204. The number of aromatic nitrogens is 4. The van der Waals surface area contributed by atoms with Crippen LogP contribution in [-0.4, -0.2) is 19.5 Å². The van der Waals surface area contributed by atoms with Gasteiger partial charge < -0.3 is 4.57 Å². The summed E-state index contributed by atoms with van der Waals surface area (Å²) in [6.07, 6.45) is 16.3. The Morgan fingerprint density at radius 3 is 1.96 bits per heavy atom. The molecule has 4 aromatic carbocycles. The van der Waals surface area contributed by atoms with Crippen molar-refractivity contribution in [3.8, 4) is 39.5 Å². The number of fused-ring (bicyclic) bond motifs is 4. The van der Waals surface area contributed by atoms with Crippen molar-refractivity contribution in [2.45, 2.75) is 19.3 Å². The fourth-order valence-corrected chi connectivity index (χ4v) is 6.58. The highest BCUT2D eigenvalue weighted by molar-refractivity contribution is 6.09. The van der Waals surface area contributed by atoms with Crippen molar-refractivity contribution in [3.05, 3.63) is 163 Å². The molecule has 220 valence electrons. The fourth-order valence-electron chi connectivity index (χ4n) is 6.58. The van der Waals surface area contributed by atoms with E-state index in [1.165, 1.54) is 21.8 Å². The third-order valence-electron chi connectivity index (χ3n) is 8.80. The number of hydrogen-bond donors (Lipinski definition) is 0. The van der Waals surface area contributed by atoms with Gasteiger partial charge in [-0.05, 0) is 53.6 Å². The number of benzene rings is 4. The molecule has 1 aliphatic rings. The molecule has 0 radical (unpaired) electrons. The smallest absolute Gasteiger partial charge is 0.160 e. The Bertz CT molecular complexity index is 2270. The lowest BCUT2D eigenvalue weighted by molar-refractivity contribution is 0.662. The third kappa shape index (κ3) is 4.85. The van der Waals surface area contributed by atoms with Crippen molar-refractivity contribution in [1.82, 2.24) is 19.5 Å². The molecular weight excluding hydrogens is 560 g/mol. The van der Waals surface area contributed by atoms with Gasteiger partial charge in [-0.3, -0.25) is 4.98 Å². The molecule has 0 saturated heterocycles. The van der Waals surface area contributed by atoms with E-state index in [0.29, 0.717) is 5.82 Å². The molecule has 0 spiro atoms. The Morgan fingerprint density at radius 2 is 1.22 bits per heavy atom. The summed E-state index contributed by atoms with van der Waals surface area (Å²) in [6, 6.07) is 38.5. The molecule has 4 nitrogen and oxygen atoms in total. The summed E-state index contributed by atoms with van der Waals surface area (Å²) in [5, 5.41) is 2.49. The van der Waals surface area contributed by atoms with Gasteiger partial charge in [0.25, 0.3) is 0 Å². The molecule has 0 aliphatic heterocycles. The SMILES string of the molecule is CC1(C)C=CC=CC=Cc2nc(-c3ccc(-c4ccncc4)cc3)nc(-c3cccc(-n4c5ccccc5c5ccccc54)c3)c21. The predicted molar refractivity (Wildman–Crippen MR) is 191 cm³/mol. The van der Waals surface area contributed by atoms with Crippen LogP contribution >= 0.6 is 0 Å². The van der Waals surface area contributed by atoms with Gasteiger partial charge in [0.05, 0.1) is 22.4 Å². The molecule has 3 heterocycles. The Hall–Kier alpha value is -5.87. The van der Waals surface area contributed by atoms with E-state index in [-0.39, 0.29) is 5.41 Å². The minimum Gasteiger partial charge on any atom is -0.309 e. The predicted octanol–water partition coefficient (Wildman–Crippen LogP) is 10.4. The summed E-state index contributed by atoms with van der Waals surface area (Å²) in [4.78, 5) is 14.7. The Labute approximate surface area is 268 Å². The average Bonchev–Trinajstić information content (AvgIpc) is 3.47. The number of para-hydroxylation sites is 2. The number of hydrogen-bond acceptors (Lipinski definition) is 3. The van der Waals surface area contributed by atoms with Crippen LogP contribution in [0.25, 0.3) is 67.3 Å². The first-order valence-electron chi connectivity index (χ1n) is 15.6. The van der Waals surface area contributed by atoms with Crippen LogP contribution in [-0.2, 0) is 5.41 Å². The Balaban J connectivity index is 1.34. The lowest BCUT2D eigenvalue weighted by atomic mass is 9.80. The normalized spacial score (nSPS) is 13.8. The number of pyridine rings is 1. The van der Waals surface area contributed by atoms with Crippen molar-refractivity contribution in [3.63, 3.8) is 0 Å². The molecular formula is C42H32N4. The zero-order valence-electron chi connectivity index (χ0n) is 25.8. The number of rotatable bonds is 4. The second-order valence-corrected chi connectivity index (χ2v) is 12.2. The number of allylic oxidation sites excluding steroid dienone is 5. The standard InChI is InChI=1S/C42H32N4/c1-42(2)25-10-4-3-5-16-36-39(42)40(45-41(44-36)31-21-19-29(20-22-31)30-23-26-43-27-24-30)32-12-11-13-33(28-32)46-37-17-8-6-14-34(37)35-15-7-9-18-38(35)46/h3-28H,1-2H3. The van der Waals surface area contributed by atoms with E-state index in [2.05, 4.69) is 157 Å². The maximum Gasteiger partial charge on any atom is 0.160 e. The second kappa shape index (κ2) is 11.2. The third-order valence-corrected chi connectivity index (χ3v) is 8.80. The van der Waals surface area contributed by atoms with Crippen LogP contribution in [0.3, 0.4) is 0 Å². The first-order chi connectivity index (χ1) is 22.6. The molecule has 0 bridgehead atoms. The van der Waals surface area contributed by atoms with E-state index < -0.39 is 0 Å². The summed E-state index contributed by atoms with van der Waals surface area (Å²) in [5.74, 6) is 0.699. The van der Waals surface area contributed by atoms with E-state index in [0.717, 1.165) is 44.9 Å². The summed E-state index contributed by atoms with van der Waals surface area (Å²) >= 11 is 0. The zero-order valence-corrected chi connectivity index (χ0v) is 25.8. The van der Waals surface area contributed by atoms with E-state index >= 15 is 0 Å². The van der Waals surface area contributed by atoms with E-state index in [4.69, 9.17) is 9.97 Å². The minimum atomic E-state index is -0.323. The van der Waals surface area contributed by atoms with Crippen LogP contribution < -0.4 is 0 Å². The molecule has 4 heteroatoms. The van der Waals surface area contributed by atoms with E-state index in [1.807, 2.05) is 24.5 Å². The summed E-state index contributed by atoms with van der Waals surface area (Å²) < 4.78 is 2.36. The molecule has 0 N–H and O–H groups in total. The van der Waals surface area contributed by atoms with Crippen molar-refractivity contribution >= 4 is 27.9 Å². The molecule has 46 heavy (non-hydrogen) atoms. The van der Waals surface area contributed by atoms with Crippen LogP contribution in [0.2, 0.25) is 0 Å². The largest absolute Gasteiger partial charge is 0.309 e. The van der Waals surface area contributed by atoms with Gasteiger partial charge in [-0.15, -0.1) is 0 Å². The first-order valence-corrected chi connectivity index (χ1v) is 15.6. The van der Waals surface area contributed by atoms with Crippen molar-refractivity contribution in [2.75, 3.05) is 0 Å². The van der Waals surface area contributed by atoms with Gasteiger partial charge >= 0.3 is 0 Å². The zero-order chi connectivity index (χ0) is 31.1. The molecule has 8 rings (SSSR count). The second-order valence-electron chi connectivity index (χ2n) is 12.2. The Kier molecular flexibility index (Phi) is 6.76. The molecule has 0 atom stereocenters. The summed E-state index contributed by atoms with van der Waals surface area (Å²) in [6.45, 7) is 4.48. The van der Waals surface area contributed by atoms with Gasteiger partial charge in [0.15, 0.2) is 5.82 Å². The Morgan fingerprint density at radius 1 is 0.565 bits per heavy atom. The summed E-state index contributed by atoms with van der Waals surface area (Å²) in [5.41, 5.74) is 10.4. The lowest BCUT2D eigenvalue weighted by Gasteiger charge is -2.26. The van der Waals surface area contributed by atoms with E-state index in [9.17, 15) is 0 Å². The van der Waals surface area contributed by atoms with Crippen LogP contribution in [0.4, 0.5) is 0 Å². The van der Waals surface area contributed by atoms with Gasteiger partial charge in [0.1, 0.15) is 0 Å². The average molecular weight is 593 g/mol. The first kappa shape index (κ1) is 27.7. The molecule has 1 aliphatic carbocycles. The maximum atomic E-state index is 5.36. The fraction of sp³-hybridized carbons (Fsp3) is 0.0714. The van der Waals surface area contributed by atoms with Crippen molar-refractivity contribution in [2.24, 2.45) is 0 Å². The molecule has 0 amide bonds. The highest BCUT2D eigenvalue weighted by Gasteiger charge is 2.28. The van der Waals surface area contributed by atoms with Crippen LogP contribution in [0.5, 0.6) is 0 Å². The topological polar surface area (TPSA) is 43.6 Å². The maximum absolute atomic E-state index is 5.36. The highest BCUT2D eigenvalue weighted by Crippen LogP contribution is 2.39. The van der Waals surface area contributed by atoms with Crippen LogP contribution in [0.15, 0.2) is 152 Å². The minimum absolute atomic E-state index is 0.323.